The fraction of sp³-hybridized carbons (Fsp3) is 0.200. The summed E-state index contributed by atoms with van der Waals surface area (Å²) in [5.74, 6) is -0.129. The molecule has 0 unspecified atom stereocenters. The Morgan fingerprint density at radius 1 is 1.30 bits per heavy atom. The third-order valence-corrected chi connectivity index (χ3v) is 3.52. The van der Waals surface area contributed by atoms with E-state index in [0.29, 0.717) is 23.0 Å². The van der Waals surface area contributed by atoms with Crippen molar-refractivity contribution in [2.24, 2.45) is 4.99 Å². The van der Waals surface area contributed by atoms with Crippen LogP contribution in [-0.2, 0) is 4.79 Å². The summed E-state index contributed by atoms with van der Waals surface area (Å²) < 4.78 is 0. The predicted octanol–water partition coefficient (Wildman–Crippen LogP) is 2.19. The van der Waals surface area contributed by atoms with Crippen LogP contribution >= 0.6 is 11.8 Å². The van der Waals surface area contributed by atoms with Gasteiger partial charge in [0.2, 0.25) is 0 Å². The highest BCUT2D eigenvalue weighted by atomic mass is 32.2. The molecule has 1 aromatic carbocycles. The van der Waals surface area contributed by atoms with Crippen molar-refractivity contribution in [2.75, 3.05) is 13.2 Å². The van der Waals surface area contributed by atoms with Crippen LogP contribution in [-0.4, -0.2) is 29.3 Å². The van der Waals surface area contributed by atoms with E-state index in [0.717, 1.165) is 5.56 Å². The van der Waals surface area contributed by atoms with E-state index in [-0.39, 0.29) is 12.5 Å². The summed E-state index contributed by atoms with van der Waals surface area (Å²) in [7, 11) is 0. The number of carbonyl (C=O) groups is 1. The Hall–Kier alpha value is -1.85. The Labute approximate surface area is 122 Å². The van der Waals surface area contributed by atoms with E-state index in [4.69, 9.17) is 5.11 Å². The Balaban J connectivity index is 1.96. The molecule has 4 nitrogen and oxygen atoms in total. The van der Waals surface area contributed by atoms with Gasteiger partial charge in [0.25, 0.3) is 5.91 Å². The number of thioether (sulfide) groups is 1. The average molecular weight is 288 g/mol. The van der Waals surface area contributed by atoms with Gasteiger partial charge in [0, 0.05) is 13.2 Å². The fourth-order valence-corrected chi connectivity index (χ4v) is 2.38. The highest BCUT2D eigenvalue weighted by Crippen LogP contribution is 2.23. The number of aliphatic hydroxyl groups is 1. The lowest BCUT2D eigenvalue weighted by Crippen LogP contribution is -2.20. The predicted molar refractivity (Wildman–Crippen MR) is 83.3 cm³/mol. The van der Waals surface area contributed by atoms with Crippen LogP contribution in [0.5, 0.6) is 0 Å². The largest absolute Gasteiger partial charge is 0.396 e. The van der Waals surface area contributed by atoms with Crippen molar-refractivity contribution in [1.29, 1.82) is 0 Å². The molecule has 1 amide bonds. The van der Waals surface area contributed by atoms with E-state index in [1.165, 1.54) is 11.8 Å². The Morgan fingerprint density at radius 3 is 2.85 bits per heavy atom. The molecule has 0 radical (unpaired) electrons. The van der Waals surface area contributed by atoms with Gasteiger partial charge in [0.05, 0.1) is 4.91 Å². The molecule has 104 valence electrons. The van der Waals surface area contributed by atoms with Gasteiger partial charge in [-0.1, -0.05) is 42.5 Å². The molecule has 0 bridgehead atoms. The van der Waals surface area contributed by atoms with Gasteiger partial charge in [-0.15, -0.1) is 0 Å². The zero-order chi connectivity index (χ0) is 14.2. The first kappa shape index (κ1) is 14.6. The number of amidine groups is 1. The smallest absolute Gasteiger partial charge is 0.264 e. The normalized spacial score (nSPS) is 19.1. The summed E-state index contributed by atoms with van der Waals surface area (Å²) >= 11 is 1.32. The SMILES string of the molecule is O=C1NC(=NCCCO)S/C1=C\C=C/c1ccccc1. The molecule has 0 saturated carbocycles. The first-order valence-electron chi connectivity index (χ1n) is 6.37. The van der Waals surface area contributed by atoms with Crippen LogP contribution in [0.15, 0.2) is 52.4 Å². The van der Waals surface area contributed by atoms with Gasteiger partial charge >= 0.3 is 0 Å². The lowest BCUT2D eigenvalue weighted by Gasteiger charge is -1.93. The van der Waals surface area contributed by atoms with Crippen molar-refractivity contribution < 1.29 is 9.90 Å². The monoisotopic (exact) mass is 288 g/mol. The van der Waals surface area contributed by atoms with Crippen molar-refractivity contribution in [3.63, 3.8) is 0 Å². The number of nitrogens with zero attached hydrogens (tertiary/aromatic N) is 1. The van der Waals surface area contributed by atoms with Crippen LogP contribution < -0.4 is 5.32 Å². The molecule has 0 atom stereocenters. The summed E-state index contributed by atoms with van der Waals surface area (Å²) in [5.41, 5.74) is 1.09. The fourth-order valence-electron chi connectivity index (χ4n) is 1.58. The minimum Gasteiger partial charge on any atom is -0.396 e. The standard InChI is InChI=1S/C15H16N2O2S/c18-11-5-10-16-15-17-14(19)13(20-15)9-4-8-12-6-2-1-3-7-12/h1-4,6-9,18H,5,10-11H2,(H,16,17,19)/b8-4-,13-9-. The molecule has 0 spiro atoms. The van der Waals surface area contributed by atoms with Crippen LogP contribution in [0.3, 0.4) is 0 Å². The molecule has 2 N–H and O–H groups in total. The first-order valence-corrected chi connectivity index (χ1v) is 7.19. The molecule has 20 heavy (non-hydrogen) atoms. The van der Waals surface area contributed by atoms with E-state index in [1.54, 1.807) is 6.08 Å². The second-order valence-electron chi connectivity index (χ2n) is 4.12. The first-order chi connectivity index (χ1) is 9.79. The molecular weight excluding hydrogens is 272 g/mol. The second-order valence-corrected chi connectivity index (χ2v) is 5.15. The number of hydrogen-bond acceptors (Lipinski definition) is 4. The lowest BCUT2D eigenvalue weighted by atomic mass is 10.2. The summed E-state index contributed by atoms with van der Waals surface area (Å²) in [4.78, 5) is 16.5. The second kappa shape index (κ2) is 7.67. The summed E-state index contributed by atoms with van der Waals surface area (Å²) in [5, 5.41) is 12.0. The number of benzene rings is 1. The molecule has 1 heterocycles. The van der Waals surface area contributed by atoms with Gasteiger partial charge in [-0.3, -0.25) is 9.79 Å². The molecule has 2 rings (SSSR count). The third kappa shape index (κ3) is 4.36. The van der Waals surface area contributed by atoms with Crippen molar-refractivity contribution in [2.45, 2.75) is 6.42 Å². The maximum atomic E-state index is 11.7. The molecule has 0 aromatic heterocycles. The number of nitrogens with one attached hydrogen (secondary N) is 1. The number of allylic oxidation sites excluding steroid dienone is 2. The average Bonchev–Trinajstić information content (AvgIpc) is 2.81. The van der Waals surface area contributed by atoms with E-state index < -0.39 is 0 Å². The molecule has 0 aliphatic carbocycles. The molecular formula is C15H16N2O2S. The van der Waals surface area contributed by atoms with E-state index in [2.05, 4.69) is 10.3 Å². The van der Waals surface area contributed by atoms with Gasteiger partial charge in [-0.25, -0.2) is 0 Å². The van der Waals surface area contributed by atoms with Gasteiger partial charge in [-0.2, -0.15) is 0 Å². The van der Waals surface area contributed by atoms with Crippen molar-refractivity contribution in [3.8, 4) is 0 Å². The maximum absolute atomic E-state index is 11.7. The highest BCUT2D eigenvalue weighted by molar-refractivity contribution is 8.18. The molecule has 5 heteroatoms. The molecule has 1 aromatic rings. The van der Waals surface area contributed by atoms with Gasteiger partial charge in [0.1, 0.15) is 0 Å². The molecule has 1 fully saturated rings. The van der Waals surface area contributed by atoms with Gasteiger partial charge in [-0.05, 0) is 29.8 Å². The van der Waals surface area contributed by atoms with Crippen LogP contribution in [0.2, 0.25) is 0 Å². The Bertz CT molecular complexity index is 550. The molecule has 1 saturated heterocycles. The maximum Gasteiger partial charge on any atom is 0.264 e. The number of rotatable bonds is 5. The van der Waals surface area contributed by atoms with Crippen LogP contribution in [0.4, 0.5) is 0 Å². The van der Waals surface area contributed by atoms with Crippen molar-refractivity contribution in [1.82, 2.24) is 5.32 Å². The van der Waals surface area contributed by atoms with Crippen molar-refractivity contribution in [3.05, 3.63) is 53.0 Å². The quantitative estimate of drug-likeness (QED) is 0.645. The number of hydrogen-bond donors (Lipinski definition) is 2. The molecule has 1 aliphatic heterocycles. The minimum absolute atomic E-state index is 0.109. The topological polar surface area (TPSA) is 61.7 Å². The zero-order valence-corrected chi connectivity index (χ0v) is 11.8. The van der Waals surface area contributed by atoms with Gasteiger partial charge in [0.15, 0.2) is 5.17 Å². The van der Waals surface area contributed by atoms with E-state index in [1.807, 2.05) is 42.5 Å². The number of aliphatic hydroxyl groups excluding tert-OH is 1. The van der Waals surface area contributed by atoms with Crippen molar-refractivity contribution >= 4 is 28.9 Å². The highest BCUT2D eigenvalue weighted by Gasteiger charge is 2.22. The van der Waals surface area contributed by atoms with Crippen LogP contribution in [0.25, 0.3) is 6.08 Å². The van der Waals surface area contributed by atoms with Gasteiger partial charge < -0.3 is 10.4 Å². The summed E-state index contributed by atoms with van der Waals surface area (Å²) in [6.07, 6.45) is 6.18. The minimum atomic E-state index is -0.129. The number of carbonyl (C=O) groups excluding carboxylic acids is 1. The lowest BCUT2D eigenvalue weighted by molar-refractivity contribution is -0.115. The van der Waals surface area contributed by atoms with E-state index >= 15 is 0 Å². The number of amides is 1. The zero-order valence-electron chi connectivity index (χ0n) is 11.0. The number of aliphatic imine (C=N–C) groups is 1. The Morgan fingerprint density at radius 2 is 2.10 bits per heavy atom. The van der Waals surface area contributed by atoms with Crippen LogP contribution in [0.1, 0.15) is 12.0 Å². The summed E-state index contributed by atoms with van der Waals surface area (Å²) in [6, 6.07) is 9.90. The summed E-state index contributed by atoms with van der Waals surface area (Å²) in [6.45, 7) is 0.629. The van der Waals surface area contributed by atoms with E-state index in [9.17, 15) is 4.79 Å². The molecule has 1 aliphatic rings. The third-order valence-electron chi connectivity index (χ3n) is 2.56. The van der Waals surface area contributed by atoms with Crippen LogP contribution in [0, 0.1) is 0 Å². The Kier molecular flexibility index (Phi) is 5.58.